The first-order valence-electron chi connectivity index (χ1n) is 6.42. The van der Waals surface area contributed by atoms with Crippen LogP contribution < -0.4 is 0 Å². The number of β-amino-alcohol motifs (C(OH)–C–C–N with tert-alkyl or cyclic N) is 1. The molecule has 0 radical (unpaired) electrons. The van der Waals surface area contributed by atoms with Crippen molar-refractivity contribution in [1.82, 2.24) is 4.90 Å². The molecule has 0 bridgehead atoms. The van der Waals surface area contributed by atoms with E-state index in [1.165, 1.54) is 0 Å². The van der Waals surface area contributed by atoms with Gasteiger partial charge >= 0.3 is 0 Å². The Labute approximate surface area is 113 Å². The largest absolute Gasteiger partial charge is 0.387 e. The molecule has 18 heavy (non-hydrogen) atoms. The van der Waals surface area contributed by atoms with E-state index in [1.807, 2.05) is 24.3 Å². The molecule has 2 unspecified atom stereocenters. The average Bonchev–Trinajstić information content (AvgIpc) is 2.55. The molecule has 3 nitrogen and oxygen atoms in total. The van der Waals surface area contributed by atoms with Crippen LogP contribution >= 0.6 is 11.6 Å². The molecule has 1 aromatic rings. The molecule has 100 valence electrons. The van der Waals surface area contributed by atoms with E-state index in [2.05, 4.69) is 11.8 Å². The van der Waals surface area contributed by atoms with E-state index in [1.54, 1.807) is 0 Å². The lowest BCUT2D eigenvalue weighted by atomic mass is 10.1. The van der Waals surface area contributed by atoms with Crippen LogP contribution in [0.3, 0.4) is 0 Å². The Balaban J connectivity index is 1.99. The number of nitrogens with zero attached hydrogens (tertiary/aromatic N) is 1. The maximum absolute atomic E-state index is 10.3. The number of hydrogen-bond donors (Lipinski definition) is 1. The van der Waals surface area contributed by atoms with Gasteiger partial charge in [0, 0.05) is 30.8 Å². The van der Waals surface area contributed by atoms with Gasteiger partial charge in [-0.1, -0.05) is 23.7 Å². The maximum Gasteiger partial charge on any atom is 0.0917 e. The fraction of sp³-hybridized carbons (Fsp3) is 0.571. The Morgan fingerprint density at radius 2 is 2.33 bits per heavy atom. The third-order valence-corrected chi connectivity index (χ3v) is 3.70. The van der Waals surface area contributed by atoms with Crippen molar-refractivity contribution < 1.29 is 9.84 Å². The molecule has 1 heterocycles. The number of hydrogen-bond acceptors (Lipinski definition) is 3. The monoisotopic (exact) mass is 269 g/mol. The number of aliphatic hydroxyl groups is 1. The van der Waals surface area contributed by atoms with Crippen LogP contribution in [0, 0.1) is 0 Å². The molecule has 2 atom stereocenters. The number of benzene rings is 1. The van der Waals surface area contributed by atoms with E-state index in [-0.39, 0.29) is 0 Å². The van der Waals surface area contributed by atoms with Gasteiger partial charge in [0.1, 0.15) is 0 Å². The molecule has 0 aliphatic carbocycles. The molecule has 1 fully saturated rings. The fourth-order valence-corrected chi connectivity index (χ4v) is 2.45. The highest BCUT2D eigenvalue weighted by atomic mass is 35.5. The first-order chi connectivity index (χ1) is 8.66. The molecule has 4 heteroatoms. The van der Waals surface area contributed by atoms with E-state index in [4.69, 9.17) is 16.3 Å². The molecule has 1 aromatic carbocycles. The molecule has 0 spiro atoms. The van der Waals surface area contributed by atoms with Crippen LogP contribution in [0.1, 0.15) is 25.0 Å². The van der Waals surface area contributed by atoms with Crippen molar-refractivity contribution in [2.24, 2.45) is 0 Å². The van der Waals surface area contributed by atoms with Gasteiger partial charge in [-0.05, 0) is 31.0 Å². The number of halogens is 1. The second kappa shape index (κ2) is 6.53. The SMILES string of the molecule is CC1CCOCCN1CC(O)c1cccc(Cl)c1. The van der Waals surface area contributed by atoms with Crippen molar-refractivity contribution in [1.29, 1.82) is 0 Å². The van der Waals surface area contributed by atoms with E-state index >= 15 is 0 Å². The number of ether oxygens (including phenoxy) is 1. The van der Waals surface area contributed by atoms with Gasteiger partial charge in [-0.15, -0.1) is 0 Å². The van der Waals surface area contributed by atoms with Crippen molar-refractivity contribution in [3.8, 4) is 0 Å². The summed E-state index contributed by atoms with van der Waals surface area (Å²) in [6.07, 6.45) is 0.520. The van der Waals surface area contributed by atoms with Gasteiger partial charge in [0.25, 0.3) is 0 Å². The van der Waals surface area contributed by atoms with Gasteiger partial charge < -0.3 is 9.84 Å². The first kappa shape index (κ1) is 13.8. The summed E-state index contributed by atoms with van der Waals surface area (Å²) < 4.78 is 5.46. The zero-order chi connectivity index (χ0) is 13.0. The van der Waals surface area contributed by atoms with Gasteiger partial charge in [0.15, 0.2) is 0 Å². The first-order valence-corrected chi connectivity index (χ1v) is 6.80. The van der Waals surface area contributed by atoms with E-state index in [0.29, 0.717) is 17.6 Å². The summed E-state index contributed by atoms with van der Waals surface area (Å²) in [5, 5.41) is 10.9. The molecular weight excluding hydrogens is 250 g/mol. The second-order valence-corrected chi connectivity index (χ2v) is 5.25. The minimum Gasteiger partial charge on any atom is -0.387 e. The van der Waals surface area contributed by atoms with Crippen LogP contribution in [0.25, 0.3) is 0 Å². The van der Waals surface area contributed by atoms with Crippen molar-refractivity contribution in [2.75, 3.05) is 26.3 Å². The van der Waals surface area contributed by atoms with Crippen LogP contribution in [0.2, 0.25) is 5.02 Å². The normalized spacial score (nSPS) is 23.6. The van der Waals surface area contributed by atoms with Gasteiger partial charge in [-0.2, -0.15) is 0 Å². The molecule has 1 aliphatic heterocycles. The van der Waals surface area contributed by atoms with Crippen molar-refractivity contribution in [3.05, 3.63) is 34.9 Å². The van der Waals surface area contributed by atoms with Crippen LogP contribution in [0.15, 0.2) is 24.3 Å². The van der Waals surface area contributed by atoms with Crippen LogP contribution in [0.4, 0.5) is 0 Å². The van der Waals surface area contributed by atoms with Gasteiger partial charge in [0.2, 0.25) is 0 Å². The Hall–Kier alpha value is -0.610. The second-order valence-electron chi connectivity index (χ2n) is 4.82. The van der Waals surface area contributed by atoms with E-state index in [0.717, 1.165) is 31.7 Å². The van der Waals surface area contributed by atoms with Crippen LogP contribution in [-0.4, -0.2) is 42.4 Å². The minimum absolute atomic E-state index is 0.446. The third-order valence-electron chi connectivity index (χ3n) is 3.47. The van der Waals surface area contributed by atoms with Gasteiger partial charge in [-0.25, -0.2) is 0 Å². The Morgan fingerprint density at radius 1 is 1.50 bits per heavy atom. The average molecular weight is 270 g/mol. The van der Waals surface area contributed by atoms with Crippen LogP contribution in [0.5, 0.6) is 0 Å². The fourth-order valence-electron chi connectivity index (χ4n) is 2.25. The molecule has 1 saturated heterocycles. The Bertz CT molecular complexity index is 386. The standard InChI is InChI=1S/C14H20ClNO2/c1-11-5-7-18-8-6-16(11)10-14(17)12-3-2-4-13(15)9-12/h2-4,9,11,14,17H,5-8,10H2,1H3. The lowest BCUT2D eigenvalue weighted by molar-refractivity contribution is 0.0884. The van der Waals surface area contributed by atoms with Gasteiger partial charge in [-0.3, -0.25) is 4.90 Å². The molecule has 2 rings (SSSR count). The number of aliphatic hydroxyl groups excluding tert-OH is 1. The topological polar surface area (TPSA) is 32.7 Å². The summed E-state index contributed by atoms with van der Waals surface area (Å²) in [6, 6.07) is 7.87. The quantitative estimate of drug-likeness (QED) is 0.915. The predicted molar refractivity (Wildman–Crippen MR) is 72.9 cm³/mol. The van der Waals surface area contributed by atoms with Crippen LogP contribution in [-0.2, 0) is 4.74 Å². The number of rotatable bonds is 3. The Morgan fingerprint density at radius 3 is 3.11 bits per heavy atom. The summed E-state index contributed by atoms with van der Waals surface area (Å²) in [4.78, 5) is 2.28. The smallest absolute Gasteiger partial charge is 0.0917 e. The highest BCUT2D eigenvalue weighted by molar-refractivity contribution is 6.30. The minimum atomic E-state index is -0.496. The zero-order valence-electron chi connectivity index (χ0n) is 10.7. The molecule has 0 saturated carbocycles. The van der Waals surface area contributed by atoms with E-state index < -0.39 is 6.10 Å². The highest BCUT2D eigenvalue weighted by Crippen LogP contribution is 2.20. The van der Waals surface area contributed by atoms with Crippen molar-refractivity contribution >= 4 is 11.6 Å². The van der Waals surface area contributed by atoms with Gasteiger partial charge in [0.05, 0.1) is 12.7 Å². The molecule has 1 aliphatic rings. The zero-order valence-corrected chi connectivity index (χ0v) is 11.4. The van der Waals surface area contributed by atoms with Crippen molar-refractivity contribution in [3.63, 3.8) is 0 Å². The third kappa shape index (κ3) is 3.69. The predicted octanol–water partition coefficient (Wildman–Crippen LogP) is 2.48. The summed E-state index contributed by atoms with van der Waals surface area (Å²) in [7, 11) is 0. The maximum atomic E-state index is 10.3. The lowest BCUT2D eigenvalue weighted by Crippen LogP contribution is -2.37. The molecule has 0 amide bonds. The summed E-state index contributed by atoms with van der Waals surface area (Å²) in [6.45, 7) is 5.24. The Kier molecular flexibility index (Phi) is 5.01. The molecular formula is C14H20ClNO2. The summed E-state index contributed by atoms with van der Waals surface area (Å²) >= 11 is 5.94. The van der Waals surface area contributed by atoms with E-state index in [9.17, 15) is 5.11 Å². The lowest BCUT2D eigenvalue weighted by Gasteiger charge is -2.28. The molecule has 1 N–H and O–H groups in total. The summed E-state index contributed by atoms with van der Waals surface area (Å²) in [5.74, 6) is 0. The highest BCUT2D eigenvalue weighted by Gasteiger charge is 2.20. The molecule has 0 aromatic heterocycles. The summed E-state index contributed by atoms with van der Waals surface area (Å²) in [5.41, 5.74) is 0.875. The van der Waals surface area contributed by atoms with Crippen molar-refractivity contribution in [2.45, 2.75) is 25.5 Å².